The van der Waals surface area contributed by atoms with Gasteiger partial charge >= 0.3 is 0 Å². The van der Waals surface area contributed by atoms with Crippen molar-refractivity contribution in [3.05, 3.63) is 17.5 Å². The molecule has 0 atom stereocenters. The first-order valence-electron chi connectivity index (χ1n) is 3.79. The Morgan fingerprint density at radius 2 is 2.27 bits per heavy atom. The second-order valence-corrected chi connectivity index (χ2v) is 2.93. The van der Waals surface area contributed by atoms with Crippen molar-refractivity contribution in [3.63, 3.8) is 0 Å². The van der Waals surface area contributed by atoms with Crippen LogP contribution >= 0.6 is 11.6 Å². The molecule has 2 N–H and O–H groups in total. The van der Waals surface area contributed by atoms with Crippen molar-refractivity contribution < 1.29 is 18.3 Å². The van der Waals surface area contributed by atoms with Crippen LogP contribution in [0.15, 0.2) is 6.07 Å². The molecule has 82 valence electrons. The van der Waals surface area contributed by atoms with Crippen molar-refractivity contribution in [2.24, 2.45) is 0 Å². The highest BCUT2D eigenvalue weighted by atomic mass is 35.5. The summed E-state index contributed by atoms with van der Waals surface area (Å²) in [7, 11) is 1.18. The number of ether oxygens (including phenoxy) is 1. The Morgan fingerprint density at radius 3 is 2.67 bits per heavy atom. The molecular formula is C8H7ClF2N2O2. The summed E-state index contributed by atoms with van der Waals surface area (Å²) in [6, 6.07) is 1.08. The molecule has 0 unspecified atom stereocenters. The monoisotopic (exact) mass is 236 g/mol. The summed E-state index contributed by atoms with van der Waals surface area (Å²) in [6.07, 6.45) is -2.89. The second-order valence-electron chi connectivity index (χ2n) is 2.59. The molecule has 0 fully saturated rings. The summed E-state index contributed by atoms with van der Waals surface area (Å²) in [4.78, 5) is 14.1. The topological polar surface area (TPSA) is 65.2 Å². The van der Waals surface area contributed by atoms with Crippen LogP contribution in [-0.2, 0) is 0 Å². The van der Waals surface area contributed by atoms with E-state index in [0.717, 1.165) is 6.07 Å². The van der Waals surface area contributed by atoms with Crippen LogP contribution in [0.25, 0.3) is 0 Å². The number of anilines is 1. The maximum Gasteiger partial charge on any atom is 0.284 e. The zero-order chi connectivity index (χ0) is 11.6. The van der Waals surface area contributed by atoms with E-state index in [9.17, 15) is 13.6 Å². The Morgan fingerprint density at radius 1 is 1.67 bits per heavy atom. The number of nitrogens with zero attached hydrogens (tertiary/aromatic N) is 1. The van der Waals surface area contributed by atoms with E-state index in [4.69, 9.17) is 17.3 Å². The molecule has 7 heteroatoms. The lowest BCUT2D eigenvalue weighted by Crippen LogP contribution is -2.05. The third-order valence-corrected chi connectivity index (χ3v) is 1.83. The van der Waals surface area contributed by atoms with Gasteiger partial charge in [-0.05, 0) is 17.7 Å². The molecule has 15 heavy (non-hydrogen) atoms. The number of methoxy groups -OCH3 is 1. The number of pyridine rings is 1. The van der Waals surface area contributed by atoms with Crippen LogP contribution < -0.4 is 10.5 Å². The van der Waals surface area contributed by atoms with Crippen LogP contribution in [0.2, 0.25) is 0 Å². The normalized spacial score (nSPS) is 10.5. The lowest BCUT2D eigenvalue weighted by atomic mass is 10.2. The molecule has 0 saturated carbocycles. The highest BCUT2D eigenvalue weighted by Crippen LogP contribution is 2.32. The third-order valence-electron chi connectivity index (χ3n) is 1.64. The molecule has 0 aromatic carbocycles. The molecule has 0 aliphatic carbocycles. The van der Waals surface area contributed by atoms with Crippen LogP contribution in [0.1, 0.15) is 22.6 Å². The number of aromatic nitrogens is 1. The minimum Gasteiger partial charge on any atom is -0.492 e. The van der Waals surface area contributed by atoms with Crippen LogP contribution in [0.3, 0.4) is 0 Å². The Kier molecular flexibility index (Phi) is 3.41. The van der Waals surface area contributed by atoms with E-state index < -0.39 is 17.4 Å². The van der Waals surface area contributed by atoms with Gasteiger partial charge in [-0.15, -0.1) is 0 Å². The zero-order valence-electron chi connectivity index (χ0n) is 7.63. The fraction of sp³-hybridized carbons (Fsp3) is 0.250. The van der Waals surface area contributed by atoms with Crippen molar-refractivity contribution >= 4 is 22.5 Å². The smallest absolute Gasteiger partial charge is 0.284 e. The van der Waals surface area contributed by atoms with E-state index in [1.54, 1.807) is 0 Å². The number of halogens is 3. The van der Waals surface area contributed by atoms with E-state index in [1.807, 2.05) is 0 Å². The van der Waals surface area contributed by atoms with Crippen molar-refractivity contribution in [2.45, 2.75) is 6.43 Å². The van der Waals surface area contributed by atoms with Gasteiger partial charge in [0.05, 0.1) is 12.8 Å². The molecule has 1 aromatic heterocycles. The van der Waals surface area contributed by atoms with E-state index in [0.29, 0.717) is 0 Å². The Balaban J connectivity index is 3.38. The maximum atomic E-state index is 12.5. The molecule has 4 nitrogen and oxygen atoms in total. The minimum absolute atomic E-state index is 0.105. The highest BCUT2D eigenvalue weighted by molar-refractivity contribution is 6.67. The van der Waals surface area contributed by atoms with Gasteiger partial charge in [0.2, 0.25) is 0 Å². The second kappa shape index (κ2) is 4.39. The van der Waals surface area contributed by atoms with Gasteiger partial charge in [0.1, 0.15) is 5.69 Å². The molecule has 0 spiro atoms. The van der Waals surface area contributed by atoms with Gasteiger partial charge < -0.3 is 10.5 Å². The predicted molar refractivity (Wildman–Crippen MR) is 50.3 cm³/mol. The average Bonchev–Trinajstić information content (AvgIpc) is 2.16. The predicted octanol–water partition coefficient (Wildman–Crippen LogP) is 1.99. The molecule has 0 radical (unpaired) electrons. The number of carbonyl (C=O) groups is 1. The van der Waals surface area contributed by atoms with E-state index in [1.165, 1.54) is 7.11 Å². The van der Waals surface area contributed by atoms with Gasteiger partial charge in [-0.1, -0.05) is 0 Å². The summed E-state index contributed by atoms with van der Waals surface area (Å²) in [5, 5.41) is -0.953. The van der Waals surface area contributed by atoms with E-state index in [2.05, 4.69) is 9.72 Å². The molecule has 0 bridgehead atoms. The lowest BCUT2D eigenvalue weighted by molar-refractivity contribution is 0.107. The van der Waals surface area contributed by atoms with Gasteiger partial charge in [-0.2, -0.15) is 0 Å². The SMILES string of the molecule is COc1c(N)cc(C(=O)Cl)nc1C(F)F. The van der Waals surface area contributed by atoms with Crippen LogP contribution in [-0.4, -0.2) is 17.3 Å². The van der Waals surface area contributed by atoms with Gasteiger partial charge in [-0.3, -0.25) is 4.79 Å². The number of hydrogen-bond donors (Lipinski definition) is 1. The summed E-state index contributed by atoms with van der Waals surface area (Å²) in [5.74, 6) is -0.244. The molecule has 0 aliphatic heterocycles. The summed E-state index contributed by atoms with van der Waals surface area (Å²) >= 11 is 5.10. The third kappa shape index (κ3) is 2.33. The van der Waals surface area contributed by atoms with Crippen LogP contribution in [0.5, 0.6) is 5.75 Å². The first-order valence-corrected chi connectivity index (χ1v) is 4.17. The minimum atomic E-state index is -2.89. The quantitative estimate of drug-likeness (QED) is 0.815. The van der Waals surface area contributed by atoms with Crippen LogP contribution in [0.4, 0.5) is 14.5 Å². The molecule has 1 aromatic rings. The Labute approximate surface area is 89.0 Å². The van der Waals surface area contributed by atoms with Gasteiger partial charge in [-0.25, -0.2) is 13.8 Å². The highest BCUT2D eigenvalue weighted by Gasteiger charge is 2.21. The number of nitrogen functional groups attached to an aromatic ring is 1. The van der Waals surface area contributed by atoms with Crippen molar-refractivity contribution in [1.29, 1.82) is 0 Å². The summed E-state index contributed by atoms with van der Waals surface area (Å²) in [6.45, 7) is 0. The van der Waals surface area contributed by atoms with Crippen molar-refractivity contribution in [2.75, 3.05) is 12.8 Å². The first kappa shape index (κ1) is 11.6. The van der Waals surface area contributed by atoms with Gasteiger partial charge in [0.15, 0.2) is 11.4 Å². The van der Waals surface area contributed by atoms with E-state index >= 15 is 0 Å². The number of hydrogen-bond acceptors (Lipinski definition) is 4. The fourth-order valence-electron chi connectivity index (χ4n) is 1.04. The van der Waals surface area contributed by atoms with Crippen LogP contribution in [0, 0.1) is 0 Å². The molecule has 0 aliphatic rings. The molecule has 0 saturated heterocycles. The summed E-state index contributed by atoms with van der Waals surface area (Å²) < 4.78 is 29.6. The first-order chi connectivity index (χ1) is 6.97. The molecular weight excluding hydrogens is 230 g/mol. The van der Waals surface area contributed by atoms with Gasteiger partial charge in [0, 0.05) is 0 Å². The number of nitrogens with two attached hydrogens (primary N) is 1. The number of alkyl halides is 2. The fourth-order valence-corrected chi connectivity index (χ4v) is 1.14. The molecule has 0 amide bonds. The van der Waals surface area contributed by atoms with Crippen molar-refractivity contribution in [3.8, 4) is 5.75 Å². The maximum absolute atomic E-state index is 12.5. The van der Waals surface area contributed by atoms with Gasteiger partial charge in [0.25, 0.3) is 11.7 Å². The van der Waals surface area contributed by atoms with E-state index in [-0.39, 0.29) is 17.1 Å². The van der Waals surface area contributed by atoms with Crippen molar-refractivity contribution in [1.82, 2.24) is 4.98 Å². The zero-order valence-corrected chi connectivity index (χ0v) is 8.39. The number of rotatable bonds is 3. The average molecular weight is 237 g/mol. The molecule has 1 heterocycles. The largest absolute Gasteiger partial charge is 0.492 e. The Hall–Kier alpha value is -1.43. The Bertz CT molecular complexity index is 398. The molecule has 1 rings (SSSR count). The number of carbonyl (C=O) groups excluding carboxylic acids is 1. The standard InChI is InChI=1S/C8H7ClF2N2O2/c1-15-6-3(12)2-4(7(9)14)13-5(6)8(10)11/h2,8H,1H3,(H2,12,13). The summed E-state index contributed by atoms with van der Waals surface area (Å²) in [5.41, 5.74) is 4.27. The lowest BCUT2D eigenvalue weighted by Gasteiger charge is -2.10.